The normalized spacial score (nSPS) is 15.3. The Morgan fingerprint density at radius 1 is 1.00 bits per heavy atom. The van der Waals surface area contributed by atoms with E-state index >= 15 is 0 Å². The summed E-state index contributed by atoms with van der Waals surface area (Å²) in [4.78, 5) is 0. The van der Waals surface area contributed by atoms with E-state index in [0.717, 1.165) is 23.7 Å². The molecule has 133 valence electrons. The van der Waals surface area contributed by atoms with Gasteiger partial charge in [-0.05, 0) is 73.3 Å². The van der Waals surface area contributed by atoms with Crippen LogP contribution in [-0.4, -0.2) is 6.61 Å². The molecule has 2 heteroatoms. The van der Waals surface area contributed by atoms with E-state index < -0.39 is 0 Å². The van der Waals surface area contributed by atoms with Crippen molar-refractivity contribution in [1.82, 2.24) is 0 Å². The van der Waals surface area contributed by atoms with Gasteiger partial charge in [-0.3, -0.25) is 0 Å². The van der Waals surface area contributed by atoms with E-state index in [9.17, 15) is 0 Å². The van der Waals surface area contributed by atoms with E-state index in [-0.39, 0.29) is 0 Å². The average molecular weight is 356 g/mol. The van der Waals surface area contributed by atoms with E-state index in [4.69, 9.17) is 16.3 Å². The van der Waals surface area contributed by atoms with Crippen LogP contribution in [0.3, 0.4) is 0 Å². The molecule has 0 saturated heterocycles. The van der Waals surface area contributed by atoms with Crippen LogP contribution in [0.15, 0.2) is 42.5 Å². The molecule has 2 aromatic carbocycles. The maximum atomic E-state index is 6.35. The van der Waals surface area contributed by atoms with Gasteiger partial charge < -0.3 is 4.74 Å². The van der Waals surface area contributed by atoms with E-state index in [1.165, 1.54) is 49.7 Å². The van der Waals surface area contributed by atoms with Gasteiger partial charge in [-0.1, -0.05) is 61.7 Å². The highest BCUT2D eigenvalue weighted by molar-refractivity contribution is 6.32. The fraction of sp³-hybridized carbons (Fsp3) is 0.435. The number of rotatable bonds is 7. The summed E-state index contributed by atoms with van der Waals surface area (Å²) in [7, 11) is 0. The van der Waals surface area contributed by atoms with Gasteiger partial charge in [0.1, 0.15) is 5.75 Å². The SMILES string of the molecule is CCCOc1ccc(-c2ccc(CCC3CC[CH]CC3)cc2)cc1Cl. The molecule has 0 spiro atoms. The van der Waals surface area contributed by atoms with Crippen molar-refractivity contribution in [3.05, 3.63) is 59.5 Å². The van der Waals surface area contributed by atoms with E-state index in [1.807, 2.05) is 12.1 Å². The predicted molar refractivity (Wildman–Crippen MR) is 107 cm³/mol. The third-order valence-electron chi connectivity index (χ3n) is 5.08. The monoisotopic (exact) mass is 355 g/mol. The Kier molecular flexibility index (Phi) is 6.81. The largest absolute Gasteiger partial charge is 0.492 e. The van der Waals surface area contributed by atoms with E-state index in [1.54, 1.807) is 0 Å². The number of ether oxygens (including phenoxy) is 1. The Balaban J connectivity index is 1.60. The molecule has 1 radical (unpaired) electrons. The average Bonchev–Trinajstić information content (AvgIpc) is 2.67. The third kappa shape index (κ3) is 5.25. The van der Waals surface area contributed by atoms with Crippen molar-refractivity contribution in [2.45, 2.75) is 51.9 Å². The first-order valence-electron chi connectivity index (χ1n) is 9.59. The summed E-state index contributed by atoms with van der Waals surface area (Å²) in [6, 6.07) is 15.0. The Labute approximate surface area is 157 Å². The third-order valence-corrected chi connectivity index (χ3v) is 5.38. The molecule has 1 aliphatic carbocycles. The Morgan fingerprint density at radius 2 is 1.72 bits per heavy atom. The minimum Gasteiger partial charge on any atom is -0.492 e. The number of halogens is 1. The maximum absolute atomic E-state index is 6.35. The summed E-state index contributed by atoms with van der Waals surface area (Å²) in [5.74, 6) is 1.69. The van der Waals surface area contributed by atoms with Gasteiger partial charge in [-0.15, -0.1) is 0 Å². The molecule has 1 aliphatic rings. The second-order valence-corrected chi connectivity index (χ2v) is 7.45. The molecule has 0 unspecified atom stereocenters. The van der Waals surface area contributed by atoms with Crippen LogP contribution in [0.1, 0.15) is 51.0 Å². The van der Waals surface area contributed by atoms with Crippen molar-refractivity contribution < 1.29 is 4.74 Å². The van der Waals surface area contributed by atoms with Gasteiger partial charge >= 0.3 is 0 Å². The van der Waals surface area contributed by atoms with E-state index in [2.05, 4.69) is 43.7 Å². The molecule has 0 bridgehead atoms. The van der Waals surface area contributed by atoms with Crippen molar-refractivity contribution >= 4 is 11.6 Å². The Morgan fingerprint density at radius 3 is 2.40 bits per heavy atom. The Bertz CT molecular complexity index is 656. The lowest BCUT2D eigenvalue weighted by Crippen LogP contribution is -2.07. The molecule has 25 heavy (non-hydrogen) atoms. The summed E-state index contributed by atoms with van der Waals surface area (Å²) in [5, 5.41) is 0.684. The van der Waals surface area contributed by atoms with E-state index in [0.29, 0.717) is 11.6 Å². The minimum atomic E-state index is 0.684. The zero-order valence-electron chi connectivity index (χ0n) is 15.1. The zero-order valence-corrected chi connectivity index (χ0v) is 15.9. The molecule has 0 N–H and O–H groups in total. The lowest BCUT2D eigenvalue weighted by molar-refractivity contribution is 0.317. The molecule has 1 fully saturated rings. The van der Waals surface area contributed by atoms with Gasteiger partial charge in [0.15, 0.2) is 0 Å². The van der Waals surface area contributed by atoms with Gasteiger partial charge in [0, 0.05) is 0 Å². The molecular weight excluding hydrogens is 328 g/mol. The highest BCUT2D eigenvalue weighted by Crippen LogP contribution is 2.31. The number of aryl methyl sites for hydroxylation is 1. The van der Waals surface area contributed by atoms with Crippen LogP contribution in [0.25, 0.3) is 11.1 Å². The molecule has 1 nitrogen and oxygen atoms in total. The summed E-state index contributed by atoms with van der Waals surface area (Å²) in [6.07, 6.45) is 11.3. The van der Waals surface area contributed by atoms with Crippen LogP contribution in [0.5, 0.6) is 5.75 Å². The first-order valence-corrected chi connectivity index (χ1v) is 9.97. The summed E-state index contributed by atoms with van der Waals surface area (Å²) in [6.45, 7) is 2.79. The lowest BCUT2D eigenvalue weighted by atomic mass is 9.85. The second-order valence-electron chi connectivity index (χ2n) is 7.04. The zero-order chi connectivity index (χ0) is 17.5. The topological polar surface area (TPSA) is 9.23 Å². The lowest BCUT2D eigenvalue weighted by Gasteiger charge is -2.21. The van der Waals surface area contributed by atoms with Gasteiger partial charge in [-0.2, -0.15) is 0 Å². The highest BCUT2D eigenvalue weighted by Gasteiger charge is 2.13. The first-order chi connectivity index (χ1) is 12.3. The van der Waals surface area contributed by atoms with Crippen LogP contribution in [0.2, 0.25) is 5.02 Å². The molecule has 0 amide bonds. The van der Waals surface area contributed by atoms with Crippen molar-refractivity contribution in [3.8, 4) is 16.9 Å². The molecule has 0 heterocycles. The number of hydrogen-bond donors (Lipinski definition) is 0. The molecule has 0 aliphatic heterocycles. The fourth-order valence-electron chi connectivity index (χ4n) is 3.53. The Hall–Kier alpha value is -1.47. The van der Waals surface area contributed by atoms with Gasteiger partial charge in [0.05, 0.1) is 11.6 Å². The highest BCUT2D eigenvalue weighted by atomic mass is 35.5. The summed E-state index contributed by atoms with van der Waals surface area (Å²) < 4.78 is 5.65. The van der Waals surface area contributed by atoms with Crippen molar-refractivity contribution in [3.63, 3.8) is 0 Å². The minimum absolute atomic E-state index is 0.684. The molecule has 0 aromatic heterocycles. The summed E-state index contributed by atoms with van der Waals surface area (Å²) in [5.41, 5.74) is 3.79. The smallest absolute Gasteiger partial charge is 0.137 e. The van der Waals surface area contributed by atoms with Crippen LogP contribution >= 0.6 is 11.6 Å². The van der Waals surface area contributed by atoms with Crippen molar-refractivity contribution in [2.24, 2.45) is 5.92 Å². The molecule has 2 aromatic rings. The van der Waals surface area contributed by atoms with Crippen LogP contribution in [-0.2, 0) is 6.42 Å². The van der Waals surface area contributed by atoms with Gasteiger partial charge in [0.2, 0.25) is 0 Å². The number of benzene rings is 2. The van der Waals surface area contributed by atoms with Gasteiger partial charge in [-0.25, -0.2) is 0 Å². The molecule has 1 saturated carbocycles. The number of hydrogen-bond acceptors (Lipinski definition) is 1. The molecular formula is C23H28ClO. The van der Waals surface area contributed by atoms with Gasteiger partial charge in [0.25, 0.3) is 0 Å². The van der Waals surface area contributed by atoms with Crippen molar-refractivity contribution in [2.75, 3.05) is 6.61 Å². The van der Waals surface area contributed by atoms with Crippen LogP contribution < -0.4 is 4.74 Å². The second kappa shape index (κ2) is 9.29. The molecule has 3 rings (SSSR count). The molecule has 0 atom stereocenters. The standard InChI is InChI=1S/C23H28ClO/c1-2-16-25-23-15-14-21(17-22(23)24)20-12-10-19(11-13-20)9-8-18-6-4-3-5-7-18/h3,10-15,17-18H,2,4-9,16H2,1H3. The summed E-state index contributed by atoms with van der Waals surface area (Å²) >= 11 is 6.35. The maximum Gasteiger partial charge on any atom is 0.137 e. The van der Waals surface area contributed by atoms with Crippen molar-refractivity contribution in [1.29, 1.82) is 0 Å². The predicted octanol–water partition coefficient (Wildman–Crippen LogP) is 7.12. The van der Waals surface area contributed by atoms with Crippen LogP contribution in [0.4, 0.5) is 0 Å². The fourth-order valence-corrected chi connectivity index (χ4v) is 3.76. The quantitative estimate of drug-likeness (QED) is 0.513. The van der Waals surface area contributed by atoms with Crippen LogP contribution in [0, 0.1) is 12.3 Å². The first kappa shape index (κ1) is 18.3.